The topological polar surface area (TPSA) is 66.8 Å². The zero-order valence-corrected chi connectivity index (χ0v) is 18.2. The summed E-state index contributed by atoms with van der Waals surface area (Å²) in [5, 5.41) is 5.07. The van der Waals surface area contributed by atoms with Crippen molar-refractivity contribution in [1.82, 2.24) is 15.2 Å². The number of hydrogen-bond acceptors (Lipinski definition) is 5. The monoisotopic (exact) mass is 500 g/mol. The number of amides is 1. The third kappa shape index (κ3) is 4.07. The van der Waals surface area contributed by atoms with Gasteiger partial charge >= 0.3 is 6.18 Å². The molecule has 3 heterocycles. The largest absolute Gasteiger partial charge is 0.435 e. The second-order valence-corrected chi connectivity index (χ2v) is 8.25. The summed E-state index contributed by atoms with van der Waals surface area (Å²) in [5.41, 5.74) is -1.78. The fourth-order valence-electron chi connectivity index (χ4n) is 3.66. The number of nitrogens with zero attached hydrogens (tertiary/aromatic N) is 3. The predicted octanol–water partition coefficient (Wildman–Crippen LogP) is 4.40. The molecule has 4 rings (SSSR count). The first kappa shape index (κ1) is 23.1. The summed E-state index contributed by atoms with van der Waals surface area (Å²) in [6, 6.07) is 3.21. The van der Waals surface area contributed by atoms with E-state index in [9.17, 15) is 22.4 Å². The molecule has 0 radical (unpaired) electrons. The van der Waals surface area contributed by atoms with Crippen molar-refractivity contribution in [3.8, 4) is 12.3 Å². The number of alkyl halides is 3. The predicted molar refractivity (Wildman–Crippen MR) is 112 cm³/mol. The summed E-state index contributed by atoms with van der Waals surface area (Å²) < 4.78 is 56.3. The van der Waals surface area contributed by atoms with Gasteiger partial charge in [-0.25, -0.2) is 4.39 Å². The van der Waals surface area contributed by atoms with Gasteiger partial charge in [-0.1, -0.05) is 34.3 Å². The highest BCUT2D eigenvalue weighted by molar-refractivity contribution is 6.35. The van der Waals surface area contributed by atoms with E-state index < -0.39 is 45.5 Å². The lowest BCUT2D eigenvalue weighted by molar-refractivity contribution is -0.275. The second kappa shape index (κ2) is 8.39. The van der Waals surface area contributed by atoms with Crippen LogP contribution < -0.4 is 5.32 Å². The number of nitrogens with one attached hydrogen (secondary N) is 1. The van der Waals surface area contributed by atoms with E-state index in [1.807, 2.05) is 0 Å². The standard InChI is InChI=1S/C21H14Cl2F4N4O2/c1-2-3-28-19(32)16-4-11-9-31(10-12(11)8-29-16)17-7-20(33-30-17,21(25,26)27)13-5-14(22)18(24)15(23)6-13/h1,4-6,8H,3,7,9-10H2,(H,28,32). The molecule has 0 fully saturated rings. The molecule has 6 nitrogen and oxygen atoms in total. The Kier molecular flexibility index (Phi) is 5.88. The average molecular weight is 501 g/mol. The maximum atomic E-state index is 14.2. The molecule has 1 aromatic heterocycles. The van der Waals surface area contributed by atoms with Crippen molar-refractivity contribution < 1.29 is 27.2 Å². The Bertz CT molecular complexity index is 1190. The van der Waals surface area contributed by atoms with Gasteiger partial charge in [-0.05, 0) is 29.3 Å². The molecule has 2 aromatic rings. The van der Waals surface area contributed by atoms with Crippen LogP contribution in [0.3, 0.4) is 0 Å². The third-order valence-corrected chi connectivity index (χ3v) is 5.93. The molecule has 1 N–H and O–H groups in total. The highest BCUT2D eigenvalue weighted by Crippen LogP contribution is 2.50. The summed E-state index contributed by atoms with van der Waals surface area (Å²) in [6.07, 6.45) is 1.02. The quantitative estimate of drug-likeness (QED) is 0.385. The highest BCUT2D eigenvalue weighted by atomic mass is 35.5. The Morgan fingerprint density at radius 2 is 1.91 bits per heavy atom. The van der Waals surface area contributed by atoms with Crippen LogP contribution in [0.5, 0.6) is 0 Å². The van der Waals surface area contributed by atoms with E-state index >= 15 is 0 Å². The van der Waals surface area contributed by atoms with E-state index in [0.717, 1.165) is 17.7 Å². The lowest BCUT2D eigenvalue weighted by atomic mass is 9.89. The number of benzene rings is 1. The molecule has 1 amide bonds. The van der Waals surface area contributed by atoms with Crippen LogP contribution in [0.4, 0.5) is 17.6 Å². The number of halogens is 6. The first-order chi connectivity index (χ1) is 15.6. The van der Waals surface area contributed by atoms with Gasteiger partial charge in [-0.3, -0.25) is 9.78 Å². The number of oxime groups is 1. The SMILES string of the molecule is C#CCNC(=O)c1cc2c(cn1)CN(C1=NOC(c3cc(Cl)c(F)c(Cl)c3)(C(F)(F)F)C1)C2. The molecule has 172 valence electrons. The maximum absolute atomic E-state index is 14.2. The van der Waals surface area contributed by atoms with Crippen LogP contribution in [0, 0.1) is 18.2 Å². The van der Waals surface area contributed by atoms with Crippen LogP contribution in [0.15, 0.2) is 29.6 Å². The average Bonchev–Trinajstić information content (AvgIpc) is 3.39. The zero-order valence-electron chi connectivity index (χ0n) is 16.6. The number of amidine groups is 1. The van der Waals surface area contributed by atoms with Crippen molar-refractivity contribution in [2.45, 2.75) is 31.3 Å². The normalized spacial score (nSPS) is 19.5. The molecule has 1 unspecified atom stereocenters. The van der Waals surface area contributed by atoms with Crippen molar-refractivity contribution in [1.29, 1.82) is 0 Å². The van der Waals surface area contributed by atoms with E-state index in [-0.39, 0.29) is 31.2 Å². The molecule has 1 atom stereocenters. The van der Waals surface area contributed by atoms with E-state index in [4.69, 9.17) is 34.5 Å². The Hall–Kier alpha value is -3.03. The summed E-state index contributed by atoms with van der Waals surface area (Å²) in [7, 11) is 0. The number of terminal acetylenes is 1. The van der Waals surface area contributed by atoms with Crippen LogP contribution in [0.2, 0.25) is 10.0 Å². The van der Waals surface area contributed by atoms with Gasteiger partial charge in [0.15, 0.2) is 5.82 Å². The number of carbonyl (C=O) groups excluding carboxylic acids is 1. The van der Waals surface area contributed by atoms with Gasteiger partial charge in [0.05, 0.1) is 23.0 Å². The number of rotatable bonds is 3. The molecule has 1 aromatic carbocycles. The summed E-state index contributed by atoms with van der Waals surface area (Å²) in [5.74, 6) is 0.822. The van der Waals surface area contributed by atoms with Gasteiger partial charge in [0, 0.05) is 24.8 Å². The number of hydrogen-bond donors (Lipinski definition) is 1. The number of fused-ring (bicyclic) bond motifs is 1. The minimum atomic E-state index is -4.90. The van der Waals surface area contributed by atoms with Crippen molar-refractivity contribution in [2.24, 2.45) is 5.16 Å². The minimum absolute atomic E-state index is 0.0263. The van der Waals surface area contributed by atoms with E-state index in [0.29, 0.717) is 5.56 Å². The summed E-state index contributed by atoms with van der Waals surface area (Å²) in [4.78, 5) is 22.7. The minimum Gasteiger partial charge on any atom is -0.372 e. The maximum Gasteiger partial charge on any atom is 0.435 e. The highest BCUT2D eigenvalue weighted by Gasteiger charge is 2.63. The van der Waals surface area contributed by atoms with Crippen molar-refractivity contribution in [3.05, 3.63) is 62.6 Å². The molecule has 0 saturated heterocycles. The van der Waals surface area contributed by atoms with Gasteiger partial charge in [0.1, 0.15) is 11.5 Å². The van der Waals surface area contributed by atoms with Crippen molar-refractivity contribution >= 4 is 34.9 Å². The van der Waals surface area contributed by atoms with Crippen LogP contribution in [0.1, 0.15) is 33.6 Å². The van der Waals surface area contributed by atoms with Crippen LogP contribution in [-0.2, 0) is 23.5 Å². The van der Waals surface area contributed by atoms with E-state index in [1.165, 1.54) is 6.20 Å². The molecule has 0 saturated carbocycles. The first-order valence-corrected chi connectivity index (χ1v) is 10.2. The van der Waals surface area contributed by atoms with Crippen LogP contribution in [0.25, 0.3) is 0 Å². The molecule has 0 bridgehead atoms. The molecular formula is C21H14Cl2F4N4O2. The molecule has 33 heavy (non-hydrogen) atoms. The van der Waals surface area contributed by atoms with Crippen molar-refractivity contribution in [2.75, 3.05) is 6.54 Å². The molecule has 12 heteroatoms. The fourth-order valence-corrected chi connectivity index (χ4v) is 4.14. The van der Waals surface area contributed by atoms with E-state index in [2.05, 4.69) is 21.4 Å². The Labute approximate surface area is 195 Å². The smallest absolute Gasteiger partial charge is 0.372 e. The Morgan fingerprint density at radius 3 is 2.55 bits per heavy atom. The molecule has 0 spiro atoms. The molecule has 0 aliphatic carbocycles. The summed E-state index contributed by atoms with van der Waals surface area (Å²) >= 11 is 11.5. The first-order valence-electron chi connectivity index (χ1n) is 9.47. The zero-order chi connectivity index (χ0) is 24.0. The number of pyridine rings is 1. The molecule has 2 aliphatic rings. The number of carbonyl (C=O) groups is 1. The lowest BCUT2D eigenvalue weighted by Gasteiger charge is -2.30. The Balaban J connectivity index is 1.58. The second-order valence-electron chi connectivity index (χ2n) is 7.44. The van der Waals surface area contributed by atoms with Crippen molar-refractivity contribution in [3.63, 3.8) is 0 Å². The van der Waals surface area contributed by atoms with E-state index in [1.54, 1.807) is 11.0 Å². The number of aromatic nitrogens is 1. The van der Waals surface area contributed by atoms with Gasteiger partial charge < -0.3 is 15.1 Å². The molecule has 2 aliphatic heterocycles. The van der Waals surface area contributed by atoms with Gasteiger partial charge in [-0.2, -0.15) is 13.2 Å². The third-order valence-electron chi connectivity index (χ3n) is 5.38. The van der Waals surface area contributed by atoms with Crippen LogP contribution >= 0.6 is 23.2 Å². The van der Waals surface area contributed by atoms with Crippen LogP contribution in [-0.4, -0.2) is 34.3 Å². The summed E-state index contributed by atoms with van der Waals surface area (Å²) in [6.45, 7) is 0.443. The van der Waals surface area contributed by atoms with Gasteiger partial charge in [0.25, 0.3) is 11.5 Å². The molecular weight excluding hydrogens is 487 g/mol. The lowest BCUT2D eigenvalue weighted by Crippen LogP contribution is -2.44. The Morgan fingerprint density at radius 1 is 1.24 bits per heavy atom. The van der Waals surface area contributed by atoms with Gasteiger partial charge in [-0.15, -0.1) is 6.42 Å². The fraction of sp³-hybridized carbons (Fsp3) is 0.286. The van der Waals surface area contributed by atoms with Gasteiger partial charge in [0.2, 0.25) is 0 Å².